The van der Waals surface area contributed by atoms with Crippen molar-refractivity contribution >= 4 is 45.1 Å². The van der Waals surface area contributed by atoms with Crippen molar-refractivity contribution in [3.8, 4) is 0 Å². The molecular weight excluding hydrogens is 484 g/mol. The molecule has 0 bridgehead atoms. The number of anilines is 4. The molecule has 0 aliphatic heterocycles. The fourth-order valence-corrected chi connectivity index (χ4v) is 3.36. The summed E-state index contributed by atoms with van der Waals surface area (Å²) in [5, 5.41) is 9.28. The van der Waals surface area contributed by atoms with E-state index in [0.29, 0.717) is 29.7 Å². The monoisotopic (exact) mass is 506 g/mol. The van der Waals surface area contributed by atoms with Gasteiger partial charge < -0.3 is 20.5 Å². The van der Waals surface area contributed by atoms with Gasteiger partial charge in [0.15, 0.2) is 5.82 Å². The quantitative estimate of drug-likeness (QED) is 0.287. The second-order valence-corrected chi connectivity index (χ2v) is 8.15. The van der Waals surface area contributed by atoms with Crippen molar-refractivity contribution in [1.29, 1.82) is 0 Å². The Morgan fingerprint density at radius 2 is 1.94 bits per heavy atom. The first-order valence-corrected chi connectivity index (χ1v) is 11.2. The van der Waals surface area contributed by atoms with Crippen LogP contribution >= 0.6 is 15.9 Å². The minimum Gasteiger partial charge on any atom is -0.352 e. The van der Waals surface area contributed by atoms with Crippen molar-refractivity contribution in [1.82, 2.24) is 29.8 Å². The van der Waals surface area contributed by atoms with Crippen LogP contribution in [0.15, 0.2) is 71.9 Å². The molecule has 0 aliphatic rings. The lowest BCUT2D eigenvalue weighted by Gasteiger charge is -2.11. The number of rotatable bonds is 9. The van der Waals surface area contributed by atoms with Crippen molar-refractivity contribution in [2.75, 3.05) is 17.2 Å². The van der Waals surface area contributed by atoms with Gasteiger partial charge in [0, 0.05) is 48.6 Å². The first kappa shape index (κ1) is 22.4. The molecule has 0 radical (unpaired) electrons. The maximum absolute atomic E-state index is 12.4. The fraction of sp³-hybridized carbons (Fsp3) is 0.174. The van der Waals surface area contributed by atoms with Gasteiger partial charge in [-0.15, -0.1) is 0 Å². The highest BCUT2D eigenvalue weighted by molar-refractivity contribution is 9.10. The van der Waals surface area contributed by atoms with Gasteiger partial charge in [-0.05, 0) is 65.7 Å². The van der Waals surface area contributed by atoms with Crippen LogP contribution in [0.25, 0.3) is 0 Å². The number of pyridine rings is 1. The van der Waals surface area contributed by atoms with E-state index in [-0.39, 0.29) is 5.91 Å². The van der Waals surface area contributed by atoms with Crippen LogP contribution in [-0.4, -0.2) is 37.0 Å². The molecule has 0 saturated carbocycles. The average molecular weight is 507 g/mol. The van der Waals surface area contributed by atoms with E-state index in [4.69, 9.17) is 0 Å². The van der Waals surface area contributed by atoms with Crippen molar-refractivity contribution in [3.05, 3.63) is 83.1 Å². The molecule has 1 aromatic carbocycles. The molecule has 4 aromatic rings. The van der Waals surface area contributed by atoms with E-state index < -0.39 is 0 Å². The highest BCUT2D eigenvalue weighted by Crippen LogP contribution is 2.24. The summed E-state index contributed by atoms with van der Waals surface area (Å²) in [4.78, 5) is 29.6. The molecule has 168 valence electrons. The summed E-state index contributed by atoms with van der Waals surface area (Å²) >= 11 is 3.46. The highest BCUT2D eigenvalue weighted by Gasteiger charge is 2.09. The van der Waals surface area contributed by atoms with Gasteiger partial charge in [0.05, 0.1) is 10.8 Å². The van der Waals surface area contributed by atoms with Crippen LogP contribution in [0, 0.1) is 6.92 Å². The molecule has 1 amide bonds. The minimum atomic E-state index is -0.107. The van der Waals surface area contributed by atoms with Gasteiger partial charge >= 0.3 is 0 Å². The Morgan fingerprint density at radius 1 is 1.09 bits per heavy atom. The largest absolute Gasteiger partial charge is 0.352 e. The van der Waals surface area contributed by atoms with E-state index in [1.54, 1.807) is 30.9 Å². The minimum absolute atomic E-state index is 0.107. The van der Waals surface area contributed by atoms with E-state index >= 15 is 0 Å². The Labute approximate surface area is 199 Å². The zero-order valence-electron chi connectivity index (χ0n) is 18.0. The number of nitrogens with one attached hydrogen (secondary N) is 3. The molecule has 10 heteroatoms. The molecule has 3 N–H and O–H groups in total. The smallest absolute Gasteiger partial charge is 0.251 e. The van der Waals surface area contributed by atoms with Crippen LogP contribution in [-0.2, 0) is 6.54 Å². The van der Waals surface area contributed by atoms with Crippen molar-refractivity contribution in [2.45, 2.75) is 19.9 Å². The molecule has 0 atom stereocenters. The molecule has 0 saturated heterocycles. The lowest BCUT2D eigenvalue weighted by atomic mass is 10.2. The highest BCUT2D eigenvalue weighted by atomic mass is 79.9. The number of aryl methyl sites for hydroxylation is 2. The molecule has 0 aliphatic carbocycles. The fourth-order valence-electron chi connectivity index (χ4n) is 3.07. The molecule has 4 rings (SSSR count). The van der Waals surface area contributed by atoms with Crippen molar-refractivity contribution < 1.29 is 4.79 Å². The summed E-state index contributed by atoms with van der Waals surface area (Å²) in [7, 11) is 0. The van der Waals surface area contributed by atoms with Gasteiger partial charge in [0.1, 0.15) is 5.82 Å². The van der Waals surface area contributed by atoms with Gasteiger partial charge in [-0.2, -0.15) is 4.98 Å². The number of imidazole rings is 1. The normalized spacial score (nSPS) is 10.6. The summed E-state index contributed by atoms with van der Waals surface area (Å²) in [5.41, 5.74) is 2.27. The maximum atomic E-state index is 12.4. The molecular formula is C23H23BrN8O. The molecule has 3 heterocycles. The second-order valence-electron chi connectivity index (χ2n) is 7.29. The predicted octanol–water partition coefficient (Wildman–Crippen LogP) is 4.45. The van der Waals surface area contributed by atoms with Gasteiger partial charge in [-0.3, -0.25) is 4.79 Å². The topological polar surface area (TPSA) is 110 Å². The standard InChI is InChI=1S/C23H23BrN8O/c1-16-4-2-5-20(28-16)30-21-19(24)14-27-23(31-21)29-18-8-6-17(7-9-18)22(33)26-10-3-12-32-13-11-25-15-32/h2,4-9,11,13-15H,3,10,12H2,1H3,(H,26,33)(H2,27,28,29,30,31). The van der Waals surface area contributed by atoms with E-state index in [1.165, 1.54) is 0 Å². The summed E-state index contributed by atoms with van der Waals surface area (Å²) in [5.74, 6) is 1.60. The summed E-state index contributed by atoms with van der Waals surface area (Å²) in [6.45, 7) is 3.33. The van der Waals surface area contributed by atoms with Crippen LogP contribution in [0.4, 0.5) is 23.3 Å². The number of amides is 1. The first-order chi connectivity index (χ1) is 16.1. The molecule has 3 aromatic heterocycles. The molecule has 33 heavy (non-hydrogen) atoms. The van der Waals surface area contributed by atoms with Crippen LogP contribution in [0.1, 0.15) is 22.5 Å². The number of halogens is 1. The van der Waals surface area contributed by atoms with E-state index in [9.17, 15) is 4.79 Å². The average Bonchev–Trinajstić information content (AvgIpc) is 3.33. The second kappa shape index (κ2) is 10.7. The Morgan fingerprint density at radius 3 is 2.70 bits per heavy atom. The van der Waals surface area contributed by atoms with Crippen LogP contribution in [0.5, 0.6) is 0 Å². The van der Waals surface area contributed by atoms with Gasteiger partial charge in [-0.25, -0.2) is 15.0 Å². The van der Waals surface area contributed by atoms with E-state index in [2.05, 4.69) is 51.8 Å². The zero-order chi connectivity index (χ0) is 23.0. The van der Waals surface area contributed by atoms with Crippen LogP contribution in [0.3, 0.4) is 0 Å². The van der Waals surface area contributed by atoms with E-state index in [1.807, 2.05) is 48.0 Å². The zero-order valence-corrected chi connectivity index (χ0v) is 19.6. The summed E-state index contributed by atoms with van der Waals surface area (Å²) < 4.78 is 2.70. The third kappa shape index (κ3) is 6.36. The lowest BCUT2D eigenvalue weighted by Crippen LogP contribution is -2.25. The Kier molecular flexibility index (Phi) is 7.26. The lowest BCUT2D eigenvalue weighted by molar-refractivity contribution is 0.0952. The number of aromatic nitrogens is 5. The molecule has 0 fully saturated rings. The Hall–Kier alpha value is -3.79. The summed E-state index contributed by atoms with van der Waals surface area (Å²) in [6, 6.07) is 12.9. The van der Waals surface area contributed by atoms with Crippen LogP contribution < -0.4 is 16.0 Å². The van der Waals surface area contributed by atoms with Crippen molar-refractivity contribution in [3.63, 3.8) is 0 Å². The molecule has 9 nitrogen and oxygen atoms in total. The number of hydrogen-bond donors (Lipinski definition) is 3. The van der Waals surface area contributed by atoms with Gasteiger partial charge in [0.25, 0.3) is 5.91 Å². The SMILES string of the molecule is Cc1cccc(Nc2nc(Nc3ccc(C(=O)NCCCn4ccnc4)cc3)ncc2Br)n1. The summed E-state index contributed by atoms with van der Waals surface area (Å²) in [6.07, 6.45) is 7.91. The number of hydrogen-bond acceptors (Lipinski definition) is 7. The number of benzene rings is 1. The maximum Gasteiger partial charge on any atom is 0.251 e. The van der Waals surface area contributed by atoms with Crippen molar-refractivity contribution in [2.24, 2.45) is 0 Å². The number of carbonyl (C=O) groups is 1. The molecule has 0 unspecified atom stereocenters. The third-order valence-corrected chi connectivity index (χ3v) is 5.30. The number of nitrogens with zero attached hydrogens (tertiary/aromatic N) is 5. The molecule has 0 spiro atoms. The van der Waals surface area contributed by atoms with Crippen LogP contribution in [0.2, 0.25) is 0 Å². The van der Waals surface area contributed by atoms with Gasteiger partial charge in [-0.1, -0.05) is 6.07 Å². The Balaban J connectivity index is 1.33. The number of carbonyl (C=O) groups excluding carboxylic acids is 1. The predicted molar refractivity (Wildman–Crippen MR) is 131 cm³/mol. The first-order valence-electron chi connectivity index (χ1n) is 10.4. The van der Waals surface area contributed by atoms with Gasteiger partial charge in [0.2, 0.25) is 5.95 Å². The third-order valence-electron chi connectivity index (χ3n) is 4.72. The Bertz CT molecular complexity index is 1210. The van der Waals surface area contributed by atoms with E-state index in [0.717, 1.165) is 28.8 Å².